The molecule has 0 aliphatic carbocycles. The fourth-order valence-corrected chi connectivity index (χ4v) is 2.85. The van der Waals surface area contributed by atoms with Crippen molar-refractivity contribution in [2.24, 2.45) is 5.73 Å². The van der Waals surface area contributed by atoms with Crippen LogP contribution in [0.15, 0.2) is 0 Å². The first kappa shape index (κ1) is 16.1. The lowest BCUT2D eigenvalue weighted by molar-refractivity contribution is 0.0700. The molecule has 1 saturated heterocycles. The molecule has 1 fully saturated rings. The maximum Gasteiger partial charge on any atom is 0.282 e. The summed E-state index contributed by atoms with van der Waals surface area (Å²) < 4.78 is 31.9. The first-order chi connectivity index (χ1) is 7.00. The highest BCUT2D eigenvalue weighted by Gasteiger charge is 2.30. The van der Waals surface area contributed by atoms with Gasteiger partial charge in [-0.15, -0.1) is 12.4 Å². The first-order valence-corrected chi connectivity index (χ1v) is 6.40. The molecule has 1 aliphatic heterocycles. The van der Waals surface area contributed by atoms with E-state index in [0.29, 0.717) is 32.8 Å². The average Bonchev–Trinajstić information content (AvgIpc) is 2.28. The van der Waals surface area contributed by atoms with E-state index in [9.17, 15) is 8.42 Å². The Morgan fingerprint density at radius 1 is 1.44 bits per heavy atom. The second-order valence-electron chi connectivity index (χ2n) is 3.62. The van der Waals surface area contributed by atoms with E-state index in [1.54, 1.807) is 14.0 Å². The van der Waals surface area contributed by atoms with Crippen molar-refractivity contribution in [3.05, 3.63) is 0 Å². The van der Waals surface area contributed by atoms with Gasteiger partial charge in [0.15, 0.2) is 0 Å². The molecule has 8 heteroatoms. The van der Waals surface area contributed by atoms with Crippen molar-refractivity contribution < 1.29 is 13.2 Å². The predicted molar refractivity (Wildman–Crippen MR) is 64.8 cm³/mol. The van der Waals surface area contributed by atoms with Gasteiger partial charge in [0.05, 0.1) is 13.2 Å². The van der Waals surface area contributed by atoms with Crippen molar-refractivity contribution >= 4 is 22.6 Å². The number of hydrogen-bond donors (Lipinski definition) is 1. The second kappa shape index (κ2) is 6.73. The van der Waals surface area contributed by atoms with Crippen LogP contribution in [-0.2, 0) is 14.9 Å². The molecule has 1 aliphatic rings. The Morgan fingerprint density at radius 2 is 1.94 bits per heavy atom. The molecule has 0 spiro atoms. The molecule has 1 heterocycles. The van der Waals surface area contributed by atoms with Crippen LogP contribution in [0.2, 0.25) is 0 Å². The Morgan fingerprint density at radius 3 is 2.38 bits per heavy atom. The Kier molecular flexibility index (Phi) is 6.76. The van der Waals surface area contributed by atoms with Gasteiger partial charge in [-0.1, -0.05) is 0 Å². The molecule has 6 nitrogen and oxygen atoms in total. The van der Waals surface area contributed by atoms with Crippen molar-refractivity contribution in [1.82, 2.24) is 8.61 Å². The number of likely N-dealkylation sites (N-methyl/N-ethyl adjacent to an activating group) is 1. The van der Waals surface area contributed by atoms with Crippen LogP contribution >= 0.6 is 12.4 Å². The van der Waals surface area contributed by atoms with Crippen LogP contribution in [0.25, 0.3) is 0 Å². The smallest absolute Gasteiger partial charge is 0.282 e. The lowest BCUT2D eigenvalue weighted by atomic mass is 10.4. The Labute approximate surface area is 103 Å². The van der Waals surface area contributed by atoms with E-state index in [0.717, 1.165) is 0 Å². The number of morpholine rings is 1. The molecular formula is C8H20ClN3O3S. The number of nitrogens with zero attached hydrogens (tertiary/aromatic N) is 2. The van der Waals surface area contributed by atoms with Gasteiger partial charge in [0.1, 0.15) is 0 Å². The highest BCUT2D eigenvalue weighted by Crippen LogP contribution is 2.11. The highest BCUT2D eigenvalue weighted by atomic mass is 35.5. The zero-order valence-electron chi connectivity index (χ0n) is 9.63. The topological polar surface area (TPSA) is 75.9 Å². The van der Waals surface area contributed by atoms with Crippen LogP contribution in [0.3, 0.4) is 0 Å². The zero-order valence-corrected chi connectivity index (χ0v) is 11.3. The normalized spacial score (nSPS) is 20.5. The summed E-state index contributed by atoms with van der Waals surface area (Å²) in [6.07, 6.45) is 0. The highest BCUT2D eigenvalue weighted by molar-refractivity contribution is 7.86. The summed E-state index contributed by atoms with van der Waals surface area (Å²) >= 11 is 0. The molecular weight excluding hydrogens is 254 g/mol. The standard InChI is InChI=1S/C8H19N3O3S.ClH/c1-8(7-9)10(2)15(12,13)11-3-5-14-6-4-11;/h8H,3-7,9H2,1-2H3;1H. The predicted octanol–water partition coefficient (Wildman–Crippen LogP) is -0.736. The molecule has 2 N–H and O–H groups in total. The molecule has 98 valence electrons. The third-order valence-electron chi connectivity index (χ3n) is 2.62. The van der Waals surface area contributed by atoms with E-state index < -0.39 is 10.2 Å². The Bertz CT molecular complexity index is 285. The molecule has 16 heavy (non-hydrogen) atoms. The van der Waals surface area contributed by atoms with E-state index in [2.05, 4.69) is 0 Å². The molecule has 0 aromatic heterocycles. The van der Waals surface area contributed by atoms with Gasteiger partial charge in [-0.05, 0) is 6.92 Å². The largest absolute Gasteiger partial charge is 0.379 e. The van der Waals surface area contributed by atoms with Gasteiger partial charge in [0.2, 0.25) is 0 Å². The van der Waals surface area contributed by atoms with E-state index in [1.165, 1.54) is 8.61 Å². The quantitative estimate of drug-likeness (QED) is 0.732. The summed E-state index contributed by atoms with van der Waals surface area (Å²) in [6, 6.07) is -0.183. The minimum atomic E-state index is -3.37. The van der Waals surface area contributed by atoms with Crippen LogP contribution in [0.1, 0.15) is 6.92 Å². The van der Waals surface area contributed by atoms with Crippen molar-refractivity contribution in [2.45, 2.75) is 13.0 Å². The van der Waals surface area contributed by atoms with E-state index >= 15 is 0 Å². The first-order valence-electron chi connectivity index (χ1n) is 5.01. The number of ether oxygens (including phenoxy) is 1. The van der Waals surface area contributed by atoms with Gasteiger partial charge in [0, 0.05) is 32.7 Å². The number of hydrogen-bond acceptors (Lipinski definition) is 4. The molecule has 1 unspecified atom stereocenters. The Balaban J connectivity index is 0.00000225. The summed E-state index contributed by atoms with van der Waals surface area (Å²) in [4.78, 5) is 0. The van der Waals surface area contributed by atoms with Crippen molar-refractivity contribution in [3.63, 3.8) is 0 Å². The van der Waals surface area contributed by atoms with Crippen LogP contribution in [0.4, 0.5) is 0 Å². The van der Waals surface area contributed by atoms with Crippen LogP contribution < -0.4 is 5.73 Å². The van der Waals surface area contributed by atoms with E-state index in [1.807, 2.05) is 0 Å². The van der Waals surface area contributed by atoms with Crippen LogP contribution in [-0.4, -0.2) is 63.0 Å². The molecule has 0 aromatic rings. The third-order valence-corrected chi connectivity index (χ3v) is 4.73. The summed E-state index contributed by atoms with van der Waals surface area (Å²) in [6.45, 7) is 3.88. The fourth-order valence-electron chi connectivity index (χ4n) is 1.34. The minimum Gasteiger partial charge on any atom is -0.379 e. The van der Waals surface area contributed by atoms with Gasteiger partial charge in [-0.2, -0.15) is 17.0 Å². The fraction of sp³-hybridized carbons (Fsp3) is 1.00. The van der Waals surface area contributed by atoms with Crippen molar-refractivity contribution in [2.75, 3.05) is 39.9 Å². The van der Waals surface area contributed by atoms with Gasteiger partial charge in [-0.3, -0.25) is 0 Å². The lowest BCUT2D eigenvalue weighted by Crippen LogP contribution is -2.51. The summed E-state index contributed by atoms with van der Waals surface area (Å²) in [5, 5.41) is 0. The SMILES string of the molecule is CC(CN)N(C)S(=O)(=O)N1CCOCC1.Cl. The molecule has 0 radical (unpaired) electrons. The van der Waals surface area contributed by atoms with Crippen molar-refractivity contribution in [1.29, 1.82) is 0 Å². The minimum absolute atomic E-state index is 0. The van der Waals surface area contributed by atoms with E-state index in [4.69, 9.17) is 10.5 Å². The number of rotatable bonds is 4. The second-order valence-corrected chi connectivity index (χ2v) is 5.61. The molecule has 0 bridgehead atoms. The number of nitrogens with two attached hydrogens (primary N) is 1. The van der Waals surface area contributed by atoms with Gasteiger partial charge >= 0.3 is 0 Å². The van der Waals surface area contributed by atoms with Gasteiger partial charge in [-0.25, -0.2) is 0 Å². The molecule has 1 rings (SSSR count). The summed E-state index contributed by atoms with van der Waals surface area (Å²) in [5.74, 6) is 0. The average molecular weight is 274 g/mol. The maximum atomic E-state index is 12.0. The lowest BCUT2D eigenvalue weighted by Gasteiger charge is -2.32. The Hall–Kier alpha value is 0.0800. The summed E-state index contributed by atoms with van der Waals surface area (Å²) in [5.41, 5.74) is 5.45. The van der Waals surface area contributed by atoms with E-state index in [-0.39, 0.29) is 18.4 Å². The van der Waals surface area contributed by atoms with Gasteiger partial charge in [0.25, 0.3) is 10.2 Å². The maximum absolute atomic E-state index is 12.0. The molecule has 1 atom stereocenters. The summed E-state index contributed by atoms with van der Waals surface area (Å²) in [7, 11) is -1.81. The third kappa shape index (κ3) is 3.54. The number of halogens is 1. The molecule has 0 aromatic carbocycles. The molecule has 0 amide bonds. The zero-order chi connectivity index (χ0) is 11.5. The van der Waals surface area contributed by atoms with Crippen molar-refractivity contribution in [3.8, 4) is 0 Å². The van der Waals surface area contributed by atoms with Crippen LogP contribution in [0.5, 0.6) is 0 Å². The molecule has 0 saturated carbocycles. The van der Waals surface area contributed by atoms with Crippen LogP contribution in [0, 0.1) is 0 Å². The van der Waals surface area contributed by atoms with Gasteiger partial charge < -0.3 is 10.5 Å². The monoisotopic (exact) mass is 273 g/mol.